The van der Waals surface area contributed by atoms with Gasteiger partial charge in [0.2, 0.25) is 0 Å². The molecule has 0 amide bonds. The fourth-order valence-corrected chi connectivity index (χ4v) is 5.73. The number of fused-ring (bicyclic) bond motifs is 6. The monoisotopic (exact) mass is 468 g/mol. The summed E-state index contributed by atoms with van der Waals surface area (Å²) in [5.41, 5.74) is 3.61. The van der Waals surface area contributed by atoms with Gasteiger partial charge in [-0.1, -0.05) is 97.1 Å². The second-order valence-corrected chi connectivity index (χ2v) is 9.13. The molecule has 1 spiro atoms. The van der Waals surface area contributed by atoms with Crippen LogP contribution in [0.5, 0.6) is 5.75 Å². The van der Waals surface area contributed by atoms with Crippen LogP contribution >= 0.6 is 0 Å². The molecule has 0 radical (unpaired) electrons. The third kappa shape index (κ3) is 2.75. The number of ketones is 1. The van der Waals surface area contributed by atoms with Gasteiger partial charge in [-0.2, -0.15) is 0 Å². The van der Waals surface area contributed by atoms with Crippen LogP contribution in [0.3, 0.4) is 0 Å². The fourth-order valence-electron chi connectivity index (χ4n) is 5.73. The molecule has 0 saturated heterocycles. The Kier molecular flexibility index (Phi) is 4.39. The molecule has 4 aromatic carbocycles. The molecule has 0 N–H and O–H groups in total. The summed E-state index contributed by atoms with van der Waals surface area (Å²) in [4.78, 5) is 27.8. The van der Waals surface area contributed by atoms with Crippen molar-refractivity contribution in [3.63, 3.8) is 0 Å². The van der Waals surface area contributed by atoms with Crippen LogP contribution in [0.1, 0.15) is 32.6 Å². The Labute approximate surface area is 208 Å². The molecule has 4 heteroatoms. The lowest BCUT2D eigenvalue weighted by Crippen LogP contribution is -2.47. The van der Waals surface area contributed by atoms with E-state index >= 15 is 0 Å². The van der Waals surface area contributed by atoms with Gasteiger partial charge in [0.1, 0.15) is 17.4 Å². The summed E-state index contributed by atoms with van der Waals surface area (Å²) in [6.07, 6.45) is 1.94. The van der Waals surface area contributed by atoms with Crippen molar-refractivity contribution in [1.82, 2.24) is 0 Å². The van der Waals surface area contributed by atoms with Gasteiger partial charge in [-0.15, -0.1) is 0 Å². The van der Waals surface area contributed by atoms with Crippen molar-refractivity contribution in [1.29, 1.82) is 0 Å². The summed E-state index contributed by atoms with van der Waals surface area (Å²) < 4.78 is 12.6. The van der Waals surface area contributed by atoms with Crippen LogP contribution in [0.25, 0.3) is 11.1 Å². The molecule has 36 heavy (non-hydrogen) atoms. The number of ether oxygens (including phenoxy) is 2. The summed E-state index contributed by atoms with van der Waals surface area (Å²) in [7, 11) is 0. The molecule has 0 saturated carbocycles. The highest BCUT2D eigenvalue weighted by Crippen LogP contribution is 2.58. The molecule has 4 nitrogen and oxygen atoms in total. The van der Waals surface area contributed by atoms with Gasteiger partial charge in [0, 0.05) is 16.7 Å². The number of allylic oxidation sites excluding steroid dienone is 3. The maximum absolute atomic E-state index is 14.7. The number of para-hydroxylation sites is 1. The summed E-state index contributed by atoms with van der Waals surface area (Å²) in [6, 6.07) is 34.3. The number of benzene rings is 4. The van der Waals surface area contributed by atoms with Gasteiger partial charge in [0.15, 0.2) is 11.4 Å². The fraction of sp³-hybridized carbons (Fsp3) is 0.0625. The van der Waals surface area contributed by atoms with Crippen LogP contribution in [0, 0.1) is 5.92 Å². The van der Waals surface area contributed by atoms with E-state index in [2.05, 4.69) is 0 Å². The number of esters is 1. The molecule has 1 aliphatic carbocycles. The van der Waals surface area contributed by atoms with Crippen molar-refractivity contribution >= 4 is 22.9 Å². The van der Waals surface area contributed by atoms with Gasteiger partial charge in [-0.05, 0) is 34.9 Å². The van der Waals surface area contributed by atoms with Crippen molar-refractivity contribution in [3.05, 3.63) is 149 Å². The highest BCUT2D eigenvalue weighted by Gasteiger charge is 2.61. The number of carbonyl (C=O) groups excluding carboxylic acids is 2. The van der Waals surface area contributed by atoms with Crippen LogP contribution < -0.4 is 4.74 Å². The number of hydrogen-bond donors (Lipinski definition) is 0. The molecule has 3 aliphatic rings. The molecule has 7 rings (SSSR count). The zero-order chi connectivity index (χ0) is 24.3. The molecule has 0 bridgehead atoms. The summed E-state index contributed by atoms with van der Waals surface area (Å²) >= 11 is 0. The maximum Gasteiger partial charge on any atom is 0.339 e. The summed E-state index contributed by atoms with van der Waals surface area (Å²) in [5.74, 6) is -0.387. The maximum atomic E-state index is 14.7. The summed E-state index contributed by atoms with van der Waals surface area (Å²) in [5, 5.41) is 0. The Bertz CT molecular complexity index is 1610. The minimum absolute atomic E-state index is 0.142. The van der Waals surface area contributed by atoms with Crippen molar-refractivity contribution in [2.45, 2.75) is 5.60 Å². The lowest BCUT2D eigenvalue weighted by atomic mass is 9.67. The molecule has 2 unspecified atom stereocenters. The van der Waals surface area contributed by atoms with Gasteiger partial charge >= 0.3 is 5.97 Å². The topological polar surface area (TPSA) is 52.6 Å². The van der Waals surface area contributed by atoms with E-state index in [-0.39, 0.29) is 5.78 Å². The van der Waals surface area contributed by atoms with Crippen LogP contribution in [-0.4, -0.2) is 11.8 Å². The number of rotatable bonds is 2. The van der Waals surface area contributed by atoms with Gasteiger partial charge < -0.3 is 9.47 Å². The van der Waals surface area contributed by atoms with E-state index in [9.17, 15) is 9.59 Å². The first kappa shape index (κ1) is 20.7. The third-order valence-corrected chi connectivity index (χ3v) is 7.22. The van der Waals surface area contributed by atoms with Gasteiger partial charge in [0.25, 0.3) is 0 Å². The van der Waals surface area contributed by atoms with E-state index in [1.807, 2.05) is 109 Å². The molecule has 0 fully saturated rings. The van der Waals surface area contributed by atoms with Crippen molar-refractivity contribution < 1.29 is 19.1 Å². The van der Waals surface area contributed by atoms with E-state index in [1.54, 1.807) is 6.07 Å². The van der Waals surface area contributed by atoms with E-state index < -0.39 is 17.5 Å². The number of hydrogen-bond acceptors (Lipinski definition) is 4. The smallest absolute Gasteiger partial charge is 0.339 e. The largest absolute Gasteiger partial charge is 0.460 e. The Morgan fingerprint density at radius 3 is 2.00 bits per heavy atom. The van der Waals surface area contributed by atoms with Gasteiger partial charge in [-0.3, -0.25) is 4.79 Å². The van der Waals surface area contributed by atoms with Crippen LogP contribution in [0.2, 0.25) is 0 Å². The highest BCUT2D eigenvalue weighted by molar-refractivity contribution is 6.32. The van der Waals surface area contributed by atoms with Crippen molar-refractivity contribution in [2.75, 3.05) is 0 Å². The molecule has 2 atom stereocenters. The van der Waals surface area contributed by atoms with Gasteiger partial charge in [0.05, 0.1) is 5.56 Å². The Morgan fingerprint density at radius 2 is 1.25 bits per heavy atom. The predicted octanol–water partition coefficient (Wildman–Crippen LogP) is 6.19. The van der Waals surface area contributed by atoms with E-state index in [0.717, 1.165) is 16.7 Å². The Hall–Kier alpha value is -4.70. The lowest BCUT2D eigenvalue weighted by molar-refractivity contribution is -0.124. The van der Waals surface area contributed by atoms with Crippen LogP contribution in [-0.2, 0) is 15.1 Å². The molecule has 0 aromatic heterocycles. The number of carbonyl (C=O) groups is 2. The van der Waals surface area contributed by atoms with Crippen LogP contribution in [0.15, 0.2) is 121 Å². The minimum Gasteiger partial charge on any atom is -0.460 e. The quantitative estimate of drug-likeness (QED) is 0.329. The predicted molar refractivity (Wildman–Crippen MR) is 136 cm³/mol. The van der Waals surface area contributed by atoms with E-state index in [0.29, 0.717) is 33.8 Å². The Balaban J connectivity index is 1.55. The van der Waals surface area contributed by atoms with Crippen molar-refractivity contribution in [3.8, 4) is 5.75 Å². The lowest BCUT2D eigenvalue weighted by Gasteiger charge is -2.43. The van der Waals surface area contributed by atoms with E-state index in [1.165, 1.54) is 0 Å². The average Bonchev–Trinajstić information content (AvgIpc) is 3.22. The standard InChI is InChI=1S/C32H20O4/c33-30-28(21-13-5-2-6-14-21)23(20-11-3-1-4-12-20)19-27-29(30)32(25-17-9-10-18-26(25)35-27)24-16-8-7-15-22(24)31(34)36-32/h1-19,29H. The molecule has 2 heterocycles. The number of Topliss-reactive ketones (excluding diaryl/α,β-unsaturated/α-hetero) is 1. The second kappa shape index (κ2) is 7.65. The second-order valence-electron chi connectivity index (χ2n) is 9.13. The SMILES string of the molecule is O=C1OC2(c3ccccc3OC3=CC(c4ccccc4)=C(c4ccccc4)C(=O)C32)c2ccccc21. The summed E-state index contributed by atoms with van der Waals surface area (Å²) in [6.45, 7) is 0. The minimum atomic E-state index is -1.31. The average molecular weight is 469 g/mol. The zero-order valence-corrected chi connectivity index (χ0v) is 19.2. The Morgan fingerprint density at radius 1 is 0.639 bits per heavy atom. The molecule has 4 aromatic rings. The van der Waals surface area contributed by atoms with Gasteiger partial charge in [-0.25, -0.2) is 4.79 Å². The highest BCUT2D eigenvalue weighted by atomic mass is 16.6. The van der Waals surface area contributed by atoms with Crippen molar-refractivity contribution in [2.24, 2.45) is 5.92 Å². The first-order chi connectivity index (χ1) is 17.7. The normalized spacial score (nSPS) is 21.8. The molecular formula is C32H20O4. The first-order valence-electron chi connectivity index (χ1n) is 11.9. The van der Waals surface area contributed by atoms with E-state index in [4.69, 9.17) is 9.47 Å². The first-order valence-corrected chi connectivity index (χ1v) is 11.9. The zero-order valence-electron chi connectivity index (χ0n) is 19.2. The molecular weight excluding hydrogens is 448 g/mol. The van der Waals surface area contributed by atoms with Crippen LogP contribution in [0.4, 0.5) is 0 Å². The molecule has 2 aliphatic heterocycles. The third-order valence-electron chi connectivity index (χ3n) is 7.22. The molecule has 172 valence electrons.